The summed E-state index contributed by atoms with van der Waals surface area (Å²) in [6.07, 6.45) is 13.8. The molecule has 0 aliphatic heterocycles. The van der Waals surface area contributed by atoms with Crippen molar-refractivity contribution in [1.82, 2.24) is 0 Å². The van der Waals surface area contributed by atoms with E-state index in [-0.39, 0.29) is 0 Å². The van der Waals surface area contributed by atoms with Crippen molar-refractivity contribution in [3.63, 3.8) is 0 Å². The first-order valence-corrected chi connectivity index (χ1v) is 10.6. The molecular formula is C27H28BN2O2+. The van der Waals surface area contributed by atoms with Gasteiger partial charge in [0.05, 0.1) is 6.54 Å². The van der Waals surface area contributed by atoms with Crippen LogP contribution in [0.15, 0.2) is 103 Å². The summed E-state index contributed by atoms with van der Waals surface area (Å²) in [6, 6.07) is 19.7. The lowest BCUT2D eigenvalue weighted by atomic mass is 9.79. The molecule has 0 fully saturated rings. The van der Waals surface area contributed by atoms with Crippen molar-refractivity contribution in [3.8, 4) is 0 Å². The SMILES string of the molecule is C=Cc1ccc(CN=C/C=C(\C=C/C)c2cc[n+](Cc3cccc(B(O)O)c3)cc2)cc1. The highest BCUT2D eigenvalue weighted by Crippen LogP contribution is 2.14. The number of nitrogens with zero attached hydrogens (tertiary/aromatic N) is 2. The van der Waals surface area contributed by atoms with Gasteiger partial charge in [0, 0.05) is 23.9 Å². The van der Waals surface area contributed by atoms with E-state index in [1.54, 1.807) is 12.1 Å². The first-order chi connectivity index (χ1) is 15.6. The van der Waals surface area contributed by atoms with Crippen LogP contribution >= 0.6 is 0 Å². The molecule has 0 saturated carbocycles. The molecule has 1 heterocycles. The zero-order chi connectivity index (χ0) is 22.8. The Hall–Kier alpha value is -3.54. The second-order valence-electron chi connectivity index (χ2n) is 7.44. The molecule has 0 bridgehead atoms. The number of pyridine rings is 1. The monoisotopic (exact) mass is 423 g/mol. The topological polar surface area (TPSA) is 56.7 Å². The van der Waals surface area contributed by atoms with E-state index < -0.39 is 7.12 Å². The Morgan fingerprint density at radius 2 is 1.78 bits per heavy atom. The first-order valence-electron chi connectivity index (χ1n) is 10.6. The van der Waals surface area contributed by atoms with E-state index in [9.17, 15) is 10.0 Å². The molecule has 3 rings (SSSR count). The van der Waals surface area contributed by atoms with Crippen LogP contribution in [0.2, 0.25) is 0 Å². The minimum atomic E-state index is -1.45. The van der Waals surface area contributed by atoms with E-state index >= 15 is 0 Å². The van der Waals surface area contributed by atoms with Gasteiger partial charge in [0.2, 0.25) is 0 Å². The second kappa shape index (κ2) is 11.7. The highest BCUT2D eigenvalue weighted by atomic mass is 16.4. The van der Waals surface area contributed by atoms with Crippen molar-refractivity contribution in [3.05, 3.63) is 120 Å². The van der Waals surface area contributed by atoms with Crippen molar-refractivity contribution < 1.29 is 14.6 Å². The van der Waals surface area contributed by atoms with E-state index in [4.69, 9.17) is 0 Å². The van der Waals surface area contributed by atoms with Crippen LogP contribution in [-0.2, 0) is 13.1 Å². The lowest BCUT2D eigenvalue weighted by molar-refractivity contribution is -0.688. The molecule has 2 N–H and O–H groups in total. The molecule has 0 radical (unpaired) electrons. The Balaban J connectivity index is 1.68. The number of allylic oxidation sites excluding steroid dienone is 4. The molecule has 5 heteroatoms. The van der Waals surface area contributed by atoms with Gasteiger partial charge in [-0.05, 0) is 40.7 Å². The van der Waals surface area contributed by atoms with Gasteiger partial charge >= 0.3 is 7.12 Å². The van der Waals surface area contributed by atoms with Crippen LogP contribution in [0.1, 0.15) is 29.2 Å². The summed E-state index contributed by atoms with van der Waals surface area (Å²) in [4.78, 5) is 4.53. The zero-order valence-corrected chi connectivity index (χ0v) is 18.3. The molecule has 0 spiro atoms. The lowest BCUT2D eigenvalue weighted by Crippen LogP contribution is -2.35. The van der Waals surface area contributed by atoms with Crippen LogP contribution in [0, 0.1) is 0 Å². The summed E-state index contributed by atoms with van der Waals surface area (Å²) in [7, 11) is -1.45. The first kappa shape index (κ1) is 23.1. The second-order valence-corrected chi connectivity index (χ2v) is 7.44. The number of benzene rings is 2. The van der Waals surface area contributed by atoms with Crippen LogP contribution in [0.3, 0.4) is 0 Å². The Labute approximate surface area is 190 Å². The molecule has 0 aliphatic rings. The van der Waals surface area contributed by atoms with Gasteiger partial charge in [-0.3, -0.25) is 4.99 Å². The van der Waals surface area contributed by atoms with Gasteiger partial charge in [-0.25, -0.2) is 4.57 Å². The number of rotatable bonds is 9. The standard InChI is InChI=1S/C27H28BN2O2/c1-3-6-25(13-16-29-20-23-11-9-22(4-2)10-12-23)26-14-17-30(18-15-26)21-24-7-5-8-27(19-24)28(31)32/h3-19,31-32H,2,20-21H2,1H3/q+1/b6-3-,25-13+,29-16?. The smallest absolute Gasteiger partial charge is 0.423 e. The average molecular weight is 423 g/mol. The number of hydrogen-bond donors (Lipinski definition) is 2. The van der Waals surface area contributed by atoms with Crippen LogP contribution in [0.4, 0.5) is 0 Å². The van der Waals surface area contributed by atoms with E-state index in [0.717, 1.165) is 27.8 Å². The van der Waals surface area contributed by atoms with E-state index in [2.05, 4.69) is 46.5 Å². The Morgan fingerprint density at radius 3 is 2.44 bits per heavy atom. The minimum absolute atomic E-state index is 0.494. The van der Waals surface area contributed by atoms with E-state index in [1.165, 1.54) is 0 Å². The van der Waals surface area contributed by atoms with Gasteiger partial charge in [-0.2, -0.15) is 0 Å². The van der Waals surface area contributed by atoms with Crippen LogP contribution in [-0.4, -0.2) is 23.4 Å². The van der Waals surface area contributed by atoms with Crippen molar-refractivity contribution in [2.45, 2.75) is 20.0 Å². The maximum absolute atomic E-state index is 9.36. The average Bonchev–Trinajstić information content (AvgIpc) is 2.82. The number of hydrogen-bond acceptors (Lipinski definition) is 3. The summed E-state index contributed by atoms with van der Waals surface area (Å²) >= 11 is 0. The molecule has 0 aliphatic carbocycles. The molecule has 4 nitrogen and oxygen atoms in total. The highest BCUT2D eigenvalue weighted by Gasteiger charge is 2.12. The van der Waals surface area contributed by atoms with Gasteiger partial charge in [0.15, 0.2) is 18.9 Å². The fraction of sp³-hybridized carbons (Fsp3) is 0.111. The number of aromatic nitrogens is 1. The summed E-state index contributed by atoms with van der Waals surface area (Å²) in [5, 5.41) is 18.7. The zero-order valence-electron chi connectivity index (χ0n) is 18.3. The van der Waals surface area contributed by atoms with Crippen LogP contribution < -0.4 is 10.0 Å². The molecule has 1 aromatic heterocycles. The molecule has 32 heavy (non-hydrogen) atoms. The molecular weight excluding hydrogens is 395 g/mol. The van der Waals surface area contributed by atoms with E-state index in [1.807, 2.05) is 68.0 Å². The fourth-order valence-electron chi connectivity index (χ4n) is 3.30. The summed E-state index contributed by atoms with van der Waals surface area (Å²) < 4.78 is 2.06. The van der Waals surface area contributed by atoms with Crippen molar-refractivity contribution >= 4 is 30.4 Å². The van der Waals surface area contributed by atoms with Gasteiger partial charge in [-0.15, -0.1) is 0 Å². The van der Waals surface area contributed by atoms with Crippen molar-refractivity contribution in [2.24, 2.45) is 4.99 Å². The van der Waals surface area contributed by atoms with E-state index in [0.29, 0.717) is 18.6 Å². The number of aliphatic imine (C=N–C) groups is 1. The Kier molecular flexibility index (Phi) is 8.49. The largest absolute Gasteiger partial charge is 0.488 e. The van der Waals surface area contributed by atoms with Crippen LogP contribution in [0.5, 0.6) is 0 Å². The molecule has 2 aromatic carbocycles. The maximum Gasteiger partial charge on any atom is 0.488 e. The summed E-state index contributed by atoms with van der Waals surface area (Å²) in [5.41, 5.74) is 5.94. The van der Waals surface area contributed by atoms with Gasteiger partial charge in [-0.1, -0.05) is 73.3 Å². The predicted molar refractivity (Wildman–Crippen MR) is 134 cm³/mol. The lowest BCUT2D eigenvalue weighted by Gasteiger charge is -2.04. The van der Waals surface area contributed by atoms with Crippen LogP contribution in [0.25, 0.3) is 11.6 Å². The van der Waals surface area contributed by atoms with Gasteiger partial charge < -0.3 is 10.0 Å². The maximum atomic E-state index is 9.36. The van der Waals surface area contributed by atoms with Gasteiger partial charge in [0.1, 0.15) is 0 Å². The molecule has 160 valence electrons. The van der Waals surface area contributed by atoms with Crippen molar-refractivity contribution in [1.29, 1.82) is 0 Å². The predicted octanol–water partition coefficient (Wildman–Crippen LogP) is 3.58. The summed E-state index contributed by atoms with van der Waals surface area (Å²) in [5.74, 6) is 0. The highest BCUT2D eigenvalue weighted by molar-refractivity contribution is 6.58. The quantitative estimate of drug-likeness (QED) is 0.239. The molecule has 0 unspecified atom stereocenters. The fourth-order valence-corrected chi connectivity index (χ4v) is 3.30. The minimum Gasteiger partial charge on any atom is -0.423 e. The Bertz CT molecular complexity index is 1120. The Morgan fingerprint density at radius 1 is 1.03 bits per heavy atom. The summed E-state index contributed by atoms with van der Waals surface area (Å²) in [6.45, 7) is 7.05. The molecule has 0 saturated heterocycles. The third-order valence-corrected chi connectivity index (χ3v) is 5.03. The van der Waals surface area contributed by atoms with Crippen molar-refractivity contribution in [2.75, 3.05) is 0 Å². The molecule has 0 atom stereocenters. The molecule has 0 amide bonds. The normalized spacial score (nSPS) is 11.9. The third kappa shape index (κ3) is 6.74. The molecule has 3 aromatic rings. The third-order valence-electron chi connectivity index (χ3n) is 5.03. The van der Waals surface area contributed by atoms with Gasteiger partial charge in [0.25, 0.3) is 0 Å².